The van der Waals surface area contributed by atoms with Crippen molar-refractivity contribution in [2.24, 2.45) is 0 Å². The molecular weight excluding hydrogens is 303 g/mol. The number of nitrogens with one attached hydrogen (secondary N) is 1. The summed E-state index contributed by atoms with van der Waals surface area (Å²) in [4.78, 5) is 14.2. The number of halogens is 1. The summed E-state index contributed by atoms with van der Waals surface area (Å²) in [5.41, 5.74) is 3.21. The van der Waals surface area contributed by atoms with Crippen LogP contribution >= 0.6 is 0 Å². The molecule has 0 saturated heterocycles. The van der Waals surface area contributed by atoms with Gasteiger partial charge in [0.05, 0.1) is 0 Å². The van der Waals surface area contributed by atoms with Crippen molar-refractivity contribution in [3.05, 3.63) is 90.2 Å². The molecule has 0 atom stereocenters. The fraction of sp³-hybridized carbons (Fsp3) is 0.0500. The van der Waals surface area contributed by atoms with E-state index in [1.165, 1.54) is 24.3 Å². The standard InChI is InChI=1S/C20H17FN2O/c1-23(18-5-3-2-4-6-18)19-13-11-17(12-14-19)22-20(24)15-7-9-16(21)10-8-15/h2-14H,1H3,(H,22,24). The van der Waals surface area contributed by atoms with Gasteiger partial charge in [0.2, 0.25) is 0 Å². The molecule has 1 amide bonds. The van der Waals surface area contributed by atoms with Crippen LogP contribution in [0.5, 0.6) is 0 Å². The van der Waals surface area contributed by atoms with E-state index in [-0.39, 0.29) is 11.7 Å². The summed E-state index contributed by atoms with van der Waals surface area (Å²) >= 11 is 0. The van der Waals surface area contributed by atoms with E-state index in [0.29, 0.717) is 11.3 Å². The third-order valence-corrected chi connectivity index (χ3v) is 3.76. The number of hydrogen-bond donors (Lipinski definition) is 1. The number of rotatable bonds is 4. The molecule has 0 unspecified atom stereocenters. The van der Waals surface area contributed by atoms with Gasteiger partial charge in [0.25, 0.3) is 5.91 Å². The Bertz CT molecular complexity index is 815. The Labute approximate surface area is 140 Å². The van der Waals surface area contributed by atoms with E-state index >= 15 is 0 Å². The van der Waals surface area contributed by atoms with Crippen molar-refractivity contribution >= 4 is 23.0 Å². The van der Waals surface area contributed by atoms with Crippen LogP contribution in [0.2, 0.25) is 0 Å². The molecule has 24 heavy (non-hydrogen) atoms. The molecule has 0 aliphatic heterocycles. The van der Waals surface area contributed by atoms with Crippen LogP contribution in [-0.4, -0.2) is 13.0 Å². The van der Waals surface area contributed by atoms with Crippen molar-refractivity contribution < 1.29 is 9.18 Å². The quantitative estimate of drug-likeness (QED) is 0.745. The number of nitrogens with zero attached hydrogens (tertiary/aromatic N) is 1. The SMILES string of the molecule is CN(c1ccccc1)c1ccc(NC(=O)c2ccc(F)cc2)cc1. The lowest BCUT2D eigenvalue weighted by Crippen LogP contribution is -2.12. The molecule has 0 saturated carbocycles. The fourth-order valence-corrected chi connectivity index (χ4v) is 2.37. The fourth-order valence-electron chi connectivity index (χ4n) is 2.37. The van der Waals surface area contributed by atoms with Crippen LogP contribution in [0.3, 0.4) is 0 Å². The predicted octanol–water partition coefficient (Wildman–Crippen LogP) is 4.85. The van der Waals surface area contributed by atoms with Gasteiger partial charge in [-0.1, -0.05) is 18.2 Å². The largest absolute Gasteiger partial charge is 0.345 e. The third kappa shape index (κ3) is 3.60. The number of amides is 1. The molecule has 4 heteroatoms. The molecule has 1 N–H and O–H groups in total. The Morgan fingerprint density at radius 1 is 0.833 bits per heavy atom. The van der Waals surface area contributed by atoms with E-state index in [1.54, 1.807) is 0 Å². The van der Waals surface area contributed by atoms with E-state index in [2.05, 4.69) is 10.2 Å². The molecule has 120 valence electrons. The van der Waals surface area contributed by atoms with Crippen LogP contribution in [0.1, 0.15) is 10.4 Å². The van der Waals surface area contributed by atoms with Crippen molar-refractivity contribution in [1.29, 1.82) is 0 Å². The molecule has 3 aromatic carbocycles. The summed E-state index contributed by atoms with van der Waals surface area (Å²) in [5, 5.41) is 2.80. The Kier molecular flexibility index (Phi) is 4.57. The minimum Gasteiger partial charge on any atom is -0.345 e. The first kappa shape index (κ1) is 15.7. The van der Waals surface area contributed by atoms with Gasteiger partial charge in [-0.15, -0.1) is 0 Å². The molecule has 0 heterocycles. The van der Waals surface area contributed by atoms with Gasteiger partial charge < -0.3 is 10.2 Å². The van der Waals surface area contributed by atoms with Gasteiger partial charge in [-0.25, -0.2) is 4.39 Å². The van der Waals surface area contributed by atoms with Crippen LogP contribution in [0.25, 0.3) is 0 Å². The average Bonchev–Trinajstić information content (AvgIpc) is 2.63. The summed E-state index contributed by atoms with van der Waals surface area (Å²) in [7, 11) is 1.99. The highest BCUT2D eigenvalue weighted by atomic mass is 19.1. The van der Waals surface area contributed by atoms with Crippen LogP contribution < -0.4 is 10.2 Å². The number of para-hydroxylation sites is 1. The van der Waals surface area contributed by atoms with Crippen LogP contribution in [0, 0.1) is 5.82 Å². The maximum atomic E-state index is 12.9. The third-order valence-electron chi connectivity index (χ3n) is 3.76. The zero-order valence-electron chi connectivity index (χ0n) is 13.2. The molecule has 3 rings (SSSR count). The lowest BCUT2D eigenvalue weighted by Gasteiger charge is -2.19. The minimum absolute atomic E-state index is 0.265. The average molecular weight is 320 g/mol. The lowest BCUT2D eigenvalue weighted by molar-refractivity contribution is 0.102. The highest BCUT2D eigenvalue weighted by Crippen LogP contribution is 2.24. The first-order valence-electron chi connectivity index (χ1n) is 7.59. The van der Waals surface area contributed by atoms with Gasteiger partial charge in [-0.3, -0.25) is 4.79 Å². The zero-order chi connectivity index (χ0) is 16.9. The van der Waals surface area contributed by atoms with Gasteiger partial charge in [0, 0.05) is 29.7 Å². The monoisotopic (exact) mass is 320 g/mol. The predicted molar refractivity (Wildman–Crippen MR) is 95.3 cm³/mol. The van der Waals surface area contributed by atoms with Crippen molar-refractivity contribution in [3.63, 3.8) is 0 Å². The Hall–Kier alpha value is -3.14. The molecule has 0 aliphatic carbocycles. The Morgan fingerprint density at radius 3 is 2.04 bits per heavy atom. The summed E-state index contributed by atoms with van der Waals surface area (Å²) in [6.45, 7) is 0. The number of hydrogen-bond acceptors (Lipinski definition) is 2. The van der Waals surface area contributed by atoms with E-state index in [9.17, 15) is 9.18 Å². The molecule has 0 aliphatic rings. The Balaban J connectivity index is 1.70. The van der Waals surface area contributed by atoms with Gasteiger partial charge in [0.15, 0.2) is 0 Å². The summed E-state index contributed by atoms with van der Waals surface area (Å²) in [6.07, 6.45) is 0. The van der Waals surface area contributed by atoms with Crippen molar-refractivity contribution in [1.82, 2.24) is 0 Å². The van der Waals surface area contributed by atoms with E-state index in [1.807, 2.05) is 61.6 Å². The number of carbonyl (C=O) groups excluding carboxylic acids is 1. The van der Waals surface area contributed by atoms with E-state index in [4.69, 9.17) is 0 Å². The zero-order valence-corrected chi connectivity index (χ0v) is 13.2. The van der Waals surface area contributed by atoms with Crippen molar-refractivity contribution in [3.8, 4) is 0 Å². The molecule has 3 aromatic rings. The molecule has 0 radical (unpaired) electrons. The van der Waals surface area contributed by atoms with Crippen molar-refractivity contribution in [2.45, 2.75) is 0 Å². The normalized spacial score (nSPS) is 10.2. The number of anilines is 3. The molecular formula is C20H17FN2O. The first-order chi connectivity index (χ1) is 11.6. The number of benzene rings is 3. The minimum atomic E-state index is -0.361. The topological polar surface area (TPSA) is 32.3 Å². The number of carbonyl (C=O) groups is 1. The van der Waals surface area contributed by atoms with Crippen LogP contribution in [0.15, 0.2) is 78.9 Å². The molecule has 0 spiro atoms. The van der Waals surface area contributed by atoms with Crippen molar-refractivity contribution in [2.75, 3.05) is 17.3 Å². The maximum Gasteiger partial charge on any atom is 0.255 e. The maximum absolute atomic E-state index is 12.9. The lowest BCUT2D eigenvalue weighted by atomic mass is 10.2. The van der Waals surface area contributed by atoms with E-state index in [0.717, 1.165) is 11.4 Å². The highest BCUT2D eigenvalue weighted by molar-refractivity contribution is 6.04. The second-order valence-corrected chi connectivity index (χ2v) is 5.40. The summed E-state index contributed by atoms with van der Waals surface area (Å²) in [5.74, 6) is -0.626. The first-order valence-corrected chi connectivity index (χ1v) is 7.59. The van der Waals surface area contributed by atoms with Gasteiger partial charge >= 0.3 is 0 Å². The van der Waals surface area contributed by atoms with Gasteiger partial charge in [0.1, 0.15) is 5.82 Å². The molecule has 0 aromatic heterocycles. The molecule has 0 bridgehead atoms. The second-order valence-electron chi connectivity index (χ2n) is 5.40. The van der Waals surface area contributed by atoms with Gasteiger partial charge in [-0.2, -0.15) is 0 Å². The van der Waals surface area contributed by atoms with Crippen LogP contribution in [0.4, 0.5) is 21.5 Å². The highest BCUT2D eigenvalue weighted by Gasteiger charge is 2.07. The smallest absolute Gasteiger partial charge is 0.255 e. The second kappa shape index (κ2) is 6.96. The summed E-state index contributed by atoms with van der Waals surface area (Å²) < 4.78 is 12.9. The van der Waals surface area contributed by atoms with E-state index < -0.39 is 0 Å². The summed E-state index contributed by atoms with van der Waals surface area (Å²) in [6, 6.07) is 23.0. The van der Waals surface area contributed by atoms with Crippen LogP contribution in [-0.2, 0) is 0 Å². The Morgan fingerprint density at radius 2 is 1.42 bits per heavy atom. The molecule has 0 fully saturated rings. The molecule has 3 nitrogen and oxygen atoms in total. The van der Waals surface area contributed by atoms with Gasteiger partial charge in [-0.05, 0) is 60.7 Å².